The fourth-order valence-corrected chi connectivity index (χ4v) is 3.68. The quantitative estimate of drug-likeness (QED) is 0.288. The molecule has 0 radical (unpaired) electrons. The summed E-state index contributed by atoms with van der Waals surface area (Å²) in [5.41, 5.74) is 7.48. The molecule has 1 aromatic heterocycles. The second-order valence-electron chi connectivity index (χ2n) is 8.42. The van der Waals surface area contributed by atoms with Crippen LogP contribution >= 0.6 is 0 Å². The van der Waals surface area contributed by atoms with Crippen LogP contribution in [0.1, 0.15) is 32.4 Å². The maximum atomic E-state index is 12.9. The Hall–Kier alpha value is -4.34. The number of carboxylic acids is 1. The highest BCUT2D eigenvalue weighted by Crippen LogP contribution is 2.33. The van der Waals surface area contributed by atoms with Crippen molar-refractivity contribution in [2.45, 2.75) is 39.1 Å². The van der Waals surface area contributed by atoms with Crippen molar-refractivity contribution in [3.63, 3.8) is 0 Å². The van der Waals surface area contributed by atoms with Gasteiger partial charge in [-0.15, -0.1) is 0 Å². The Labute approximate surface area is 227 Å². The smallest absolute Gasteiger partial charge is 0.490 e. The van der Waals surface area contributed by atoms with Crippen molar-refractivity contribution in [1.82, 2.24) is 14.7 Å². The average molecular weight is 588 g/mol. The lowest BCUT2D eigenvalue weighted by atomic mass is 10.0. The molecule has 0 saturated heterocycles. The molecule has 1 unspecified atom stereocenters. The largest absolute Gasteiger partial charge is 0.490 e. The maximum absolute atomic E-state index is 12.9. The zero-order valence-electron chi connectivity index (χ0n) is 21.8. The number of nitrogens with two attached hydrogens (primary N) is 1. The number of nitrogens with zero attached hydrogens (tertiary/aromatic N) is 2. The number of aliphatic carboxylic acids is 1. The van der Waals surface area contributed by atoms with Gasteiger partial charge >= 0.3 is 12.1 Å². The zero-order chi connectivity index (χ0) is 30.3. The second-order valence-corrected chi connectivity index (χ2v) is 10.2. The van der Waals surface area contributed by atoms with E-state index in [0.29, 0.717) is 46.1 Å². The molecule has 40 heavy (non-hydrogen) atoms. The molecule has 5 N–H and O–H groups in total. The second kappa shape index (κ2) is 13.1. The minimum Gasteiger partial charge on any atom is -0.490 e. The predicted molar refractivity (Wildman–Crippen MR) is 140 cm³/mol. The number of carbonyl (C=O) groups excluding carboxylic acids is 1. The van der Waals surface area contributed by atoms with Crippen molar-refractivity contribution < 1.29 is 45.8 Å². The molecule has 2 aromatic carbocycles. The molecule has 0 aliphatic rings. The standard InChI is InChI=1S/C22H27N5O5S.C2HF3O2/c1-5-31-19-10-14(6-9-18(19)32-13(2)3)20(22(28)27-33(4,29)30)26-15-7-8-16-17(11-15)24-12-25-21(16)23;3-2(4,5)1(6)7/h6-13,20,26H,5H2,1-4H3,(H,27,28)(H2,23,24,25);(H,6,7). The summed E-state index contributed by atoms with van der Waals surface area (Å²) in [4.78, 5) is 30.0. The SMILES string of the molecule is CCOc1cc(C(Nc2ccc3c(N)ncnc3c2)C(=O)NS(C)(=O)=O)ccc1OC(C)C.O=C(O)C(F)(F)F. The molecule has 0 bridgehead atoms. The average Bonchev–Trinajstić information content (AvgIpc) is 2.82. The number of sulfonamides is 1. The molecule has 0 spiro atoms. The number of aromatic nitrogens is 2. The predicted octanol–water partition coefficient (Wildman–Crippen LogP) is 3.26. The Morgan fingerprint density at radius 3 is 2.30 bits per heavy atom. The highest BCUT2D eigenvalue weighted by atomic mass is 32.2. The molecule has 1 heterocycles. The summed E-state index contributed by atoms with van der Waals surface area (Å²) in [7, 11) is -3.79. The molecule has 1 atom stereocenters. The highest BCUT2D eigenvalue weighted by Gasteiger charge is 2.38. The summed E-state index contributed by atoms with van der Waals surface area (Å²) in [6.45, 7) is 6.01. The molecule has 0 aliphatic carbocycles. The molecular weight excluding hydrogens is 559 g/mol. The number of carboxylic acid groups (broad SMARTS) is 1. The van der Waals surface area contributed by atoms with Gasteiger partial charge in [-0.1, -0.05) is 6.07 Å². The van der Waals surface area contributed by atoms with E-state index in [-0.39, 0.29) is 6.10 Å². The van der Waals surface area contributed by atoms with Gasteiger partial charge in [-0.3, -0.25) is 9.52 Å². The van der Waals surface area contributed by atoms with Gasteiger partial charge in [0.2, 0.25) is 10.0 Å². The van der Waals surface area contributed by atoms with Gasteiger partial charge in [-0.25, -0.2) is 23.2 Å². The van der Waals surface area contributed by atoms with Gasteiger partial charge in [0.15, 0.2) is 11.5 Å². The lowest BCUT2D eigenvalue weighted by Gasteiger charge is -2.22. The topological polar surface area (TPSA) is 183 Å². The number of amides is 1. The monoisotopic (exact) mass is 587 g/mol. The van der Waals surface area contributed by atoms with E-state index in [1.807, 2.05) is 25.5 Å². The molecule has 218 valence electrons. The van der Waals surface area contributed by atoms with Crippen molar-refractivity contribution in [2.24, 2.45) is 0 Å². The number of rotatable bonds is 9. The minimum absolute atomic E-state index is 0.0791. The lowest BCUT2D eigenvalue weighted by molar-refractivity contribution is -0.192. The van der Waals surface area contributed by atoms with Crippen LogP contribution in [0.15, 0.2) is 42.7 Å². The maximum Gasteiger partial charge on any atom is 0.490 e. The zero-order valence-corrected chi connectivity index (χ0v) is 22.6. The Morgan fingerprint density at radius 2 is 1.75 bits per heavy atom. The van der Waals surface area contributed by atoms with E-state index in [1.54, 1.807) is 36.4 Å². The van der Waals surface area contributed by atoms with E-state index < -0.39 is 34.1 Å². The van der Waals surface area contributed by atoms with Crippen molar-refractivity contribution in [1.29, 1.82) is 0 Å². The van der Waals surface area contributed by atoms with Gasteiger partial charge in [-0.2, -0.15) is 13.2 Å². The molecule has 0 aliphatic heterocycles. The molecule has 3 aromatic rings. The third-order valence-electron chi connectivity index (χ3n) is 4.73. The Balaban J connectivity index is 0.000000708. The number of benzene rings is 2. The summed E-state index contributed by atoms with van der Waals surface area (Å²) in [6, 6.07) is 9.11. The van der Waals surface area contributed by atoms with Crippen LogP contribution in [-0.2, 0) is 19.6 Å². The van der Waals surface area contributed by atoms with Crippen LogP contribution in [0.3, 0.4) is 0 Å². The first-order valence-electron chi connectivity index (χ1n) is 11.5. The molecule has 0 fully saturated rings. The number of hydrogen-bond acceptors (Lipinski definition) is 10. The van der Waals surface area contributed by atoms with Gasteiger partial charge in [0.25, 0.3) is 5.91 Å². The van der Waals surface area contributed by atoms with Crippen LogP contribution in [-0.4, -0.2) is 60.5 Å². The first-order valence-corrected chi connectivity index (χ1v) is 13.4. The van der Waals surface area contributed by atoms with Crippen LogP contribution in [0.4, 0.5) is 24.7 Å². The van der Waals surface area contributed by atoms with Crippen molar-refractivity contribution >= 4 is 44.3 Å². The molecular formula is C24H28F3N5O7S. The normalized spacial score (nSPS) is 12.2. The van der Waals surface area contributed by atoms with Gasteiger partial charge in [-0.05, 0) is 56.7 Å². The Morgan fingerprint density at radius 1 is 1.10 bits per heavy atom. The summed E-state index contributed by atoms with van der Waals surface area (Å²) >= 11 is 0. The van der Waals surface area contributed by atoms with Gasteiger partial charge in [0.05, 0.1) is 24.5 Å². The molecule has 16 heteroatoms. The summed E-state index contributed by atoms with van der Waals surface area (Å²) in [6.07, 6.45) is -2.90. The van der Waals surface area contributed by atoms with Gasteiger partial charge in [0.1, 0.15) is 18.2 Å². The summed E-state index contributed by atoms with van der Waals surface area (Å²) < 4.78 is 68.8. The third kappa shape index (κ3) is 9.44. The molecule has 1 amide bonds. The molecule has 0 saturated carbocycles. The van der Waals surface area contributed by atoms with Crippen molar-refractivity contribution in [3.05, 3.63) is 48.3 Å². The van der Waals surface area contributed by atoms with Crippen molar-refractivity contribution in [3.8, 4) is 11.5 Å². The van der Waals surface area contributed by atoms with E-state index in [9.17, 15) is 26.4 Å². The van der Waals surface area contributed by atoms with Crippen LogP contribution in [0.2, 0.25) is 0 Å². The summed E-state index contributed by atoms with van der Waals surface area (Å²) in [5, 5.41) is 10.9. The lowest BCUT2D eigenvalue weighted by Crippen LogP contribution is -2.37. The minimum atomic E-state index is -5.08. The first-order chi connectivity index (χ1) is 18.5. The number of nitrogens with one attached hydrogen (secondary N) is 2. The van der Waals surface area contributed by atoms with E-state index in [2.05, 4.69) is 15.3 Å². The van der Waals surface area contributed by atoms with Gasteiger partial charge in [0, 0.05) is 11.1 Å². The van der Waals surface area contributed by atoms with Crippen LogP contribution in [0.5, 0.6) is 11.5 Å². The van der Waals surface area contributed by atoms with E-state index in [0.717, 1.165) is 6.26 Å². The Kier molecular flexibility index (Phi) is 10.5. The van der Waals surface area contributed by atoms with Crippen molar-refractivity contribution in [2.75, 3.05) is 23.9 Å². The number of hydrogen-bond donors (Lipinski definition) is 4. The number of anilines is 2. The molecule has 3 rings (SSSR count). The molecule has 12 nitrogen and oxygen atoms in total. The fraction of sp³-hybridized carbons (Fsp3) is 0.333. The van der Waals surface area contributed by atoms with E-state index >= 15 is 0 Å². The fourth-order valence-electron chi connectivity index (χ4n) is 3.20. The number of halogens is 3. The Bertz CT molecular complexity index is 1470. The number of fused-ring (bicyclic) bond motifs is 1. The van der Waals surface area contributed by atoms with E-state index in [4.69, 9.17) is 25.1 Å². The van der Waals surface area contributed by atoms with Crippen LogP contribution < -0.4 is 25.2 Å². The number of carbonyl (C=O) groups is 2. The highest BCUT2D eigenvalue weighted by molar-refractivity contribution is 7.89. The number of nitrogen functional groups attached to an aromatic ring is 1. The summed E-state index contributed by atoms with van der Waals surface area (Å²) in [5.74, 6) is -2.20. The third-order valence-corrected chi connectivity index (χ3v) is 5.30. The van der Waals surface area contributed by atoms with Crippen LogP contribution in [0.25, 0.3) is 10.9 Å². The first kappa shape index (κ1) is 31.9. The number of ether oxygens (including phenoxy) is 2. The van der Waals surface area contributed by atoms with Crippen LogP contribution in [0, 0.1) is 0 Å². The number of alkyl halides is 3. The van der Waals surface area contributed by atoms with Gasteiger partial charge < -0.3 is 25.6 Å². The van der Waals surface area contributed by atoms with E-state index in [1.165, 1.54) is 6.33 Å².